The summed E-state index contributed by atoms with van der Waals surface area (Å²) in [6.45, 7) is 7.41. The molecule has 2 aliphatic rings. The van der Waals surface area contributed by atoms with Gasteiger partial charge in [-0.1, -0.05) is 15.9 Å². The molecule has 18 heteroatoms. The van der Waals surface area contributed by atoms with Crippen LogP contribution in [0.4, 0.5) is 0 Å². The van der Waals surface area contributed by atoms with E-state index in [0.29, 0.717) is 0 Å². The Balaban J connectivity index is 2.48. The van der Waals surface area contributed by atoms with Crippen molar-refractivity contribution >= 4 is 69.5 Å². The molecule has 2 fully saturated rings. The molecular formula is C26H35BrO16S. The van der Waals surface area contributed by atoms with Crippen LogP contribution in [0.1, 0.15) is 48.5 Å². The molecule has 0 spiro atoms. The predicted molar refractivity (Wildman–Crippen MR) is 149 cm³/mol. The summed E-state index contributed by atoms with van der Waals surface area (Å²) in [5.41, 5.74) is -1.16. The van der Waals surface area contributed by atoms with Crippen LogP contribution < -0.4 is 0 Å². The highest BCUT2D eigenvalue weighted by Gasteiger charge is 2.54. The fraction of sp³-hybridized carbons (Fsp3) is 0.731. The van der Waals surface area contributed by atoms with E-state index in [-0.39, 0.29) is 5.75 Å². The highest BCUT2D eigenvalue weighted by Crippen LogP contribution is 2.38. The van der Waals surface area contributed by atoms with Gasteiger partial charge >= 0.3 is 41.8 Å². The molecule has 248 valence electrons. The van der Waals surface area contributed by atoms with Crippen LogP contribution in [0.25, 0.3) is 0 Å². The molecule has 0 aromatic rings. The van der Waals surface area contributed by atoms with Crippen molar-refractivity contribution in [1.29, 1.82) is 0 Å². The third-order valence-electron chi connectivity index (χ3n) is 5.86. The summed E-state index contributed by atoms with van der Waals surface area (Å²) in [5, 5.41) is -1.02. The molecular weight excluding hydrogens is 680 g/mol. The molecule has 2 aliphatic heterocycles. The number of esters is 7. The first kappa shape index (κ1) is 37.2. The largest absolute Gasteiger partial charge is 0.463 e. The lowest BCUT2D eigenvalue weighted by Gasteiger charge is -2.45. The van der Waals surface area contributed by atoms with Gasteiger partial charge in [0.15, 0.2) is 41.6 Å². The minimum atomic E-state index is -1.39. The lowest BCUT2D eigenvalue weighted by molar-refractivity contribution is -0.238. The van der Waals surface area contributed by atoms with Gasteiger partial charge in [0.25, 0.3) is 0 Å². The van der Waals surface area contributed by atoms with E-state index in [0.717, 1.165) is 60.2 Å². The SMILES string of the molecule is CC(=O)OC[C@H]1O[C@@H](SC[C@H]2OC(Br)[C@H](OC(C)=O)[C@@H](OC(C)=O)[C@@H]2OC(C)=O)[C@H](OC(C)=O)[C@@H](OC(C)=O)[C@@H]1OC(C)=O. The summed E-state index contributed by atoms with van der Waals surface area (Å²) in [6.07, 6.45) is -10.1. The van der Waals surface area contributed by atoms with Gasteiger partial charge in [0.2, 0.25) is 0 Å². The fourth-order valence-electron chi connectivity index (χ4n) is 4.49. The Bertz CT molecular complexity index is 1100. The first-order chi connectivity index (χ1) is 20.5. The van der Waals surface area contributed by atoms with Gasteiger partial charge in [0.1, 0.15) is 24.3 Å². The second-order valence-corrected chi connectivity index (χ2v) is 11.7. The molecule has 44 heavy (non-hydrogen) atoms. The summed E-state index contributed by atoms with van der Waals surface area (Å²) < 4.78 is 49.5. The summed E-state index contributed by atoms with van der Waals surface area (Å²) in [5.74, 6) is -5.36. The minimum absolute atomic E-state index is 0.0989. The van der Waals surface area contributed by atoms with E-state index in [1.807, 2.05) is 0 Å². The van der Waals surface area contributed by atoms with Crippen molar-refractivity contribution in [2.45, 2.75) is 108 Å². The van der Waals surface area contributed by atoms with Crippen molar-refractivity contribution in [3.63, 3.8) is 0 Å². The summed E-state index contributed by atoms with van der Waals surface area (Å²) in [7, 11) is 0. The van der Waals surface area contributed by atoms with Gasteiger partial charge in [-0.2, -0.15) is 0 Å². The van der Waals surface area contributed by atoms with Crippen LogP contribution in [0.5, 0.6) is 0 Å². The van der Waals surface area contributed by atoms with Crippen LogP contribution in [0.2, 0.25) is 0 Å². The highest BCUT2D eigenvalue weighted by molar-refractivity contribution is 9.09. The standard InChI is InChI=1S/C26H35BrO16S/c1-10(28)35-8-17-19(36-11(2)29)22(39-14(5)32)24(41-16(7)34)26(43-17)44-9-18-20(37-12(3)30)21(38-13(4)31)23(25(27)42-18)40-15(6)33/h17-26H,8-9H2,1-7H3/t17-,18-,19-,20-,21+,22+,23-,24-,25?,26+/m1/s1. The molecule has 10 atom stereocenters. The molecule has 16 nitrogen and oxygen atoms in total. The zero-order valence-electron chi connectivity index (χ0n) is 25.0. The van der Waals surface area contributed by atoms with E-state index in [9.17, 15) is 33.6 Å². The Morgan fingerprint density at radius 1 is 0.523 bits per heavy atom. The lowest BCUT2D eigenvalue weighted by Crippen LogP contribution is -2.62. The van der Waals surface area contributed by atoms with Gasteiger partial charge in [-0.05, 0) is 0 Å². The van der Waals surface area contributed by atoms with Crippen molar-refractivity contribution in [2.24, 2.45) is 0 Å². The lowest BCUT2D eigenvalue weighted by atomic mass is 9.99. The number of carbonyl (C=O) groups excluding carboxylic acids is 7. The Hall–Kier alpha value is -2.96. The Morgan fingerprint density at radius 3 is 1.36 bits per heavy atom. The average Bonchev–Trinajstić information content (AvgIpc) is 2.87. The third kappa shape index (κ3) is 11.2. The number of carbonyl (C=O) groups is 7. The molecule has 2 rings (SSSR count). The molecule has 0 aromatic heterocycles. The average molecular weight is 716 g/mol. The Labute approximate surface area is 265 Å². The van der Waals surface area contributed by atoms with Gasteiger partial charge in [0.05, 0.1) is 0 Å². The molecule has 0 aliphatic carbocycles. The molecule has 0 bridgehead atoms. The van der Waals surface area contributed by atoms with Crippen LogP contribution in [-0.2, 0) is 76.2 Å². The topological polar surface area (TPSA) is 203 Å². The van der Waals surface area contributed by atoms with Crippen molar-refractivity contribution < 1.29 is 76.2 Å². The van der Waals surface area contributed by atoms with Crippen LogP contribution in [0, 0.1) is 0 Å². The molecule has 2 saturated heterocycles. The summed E-state index contributed by atoms with van der Waals surface area (Å²) >= 11 is 4.23. The molecule has 2 heterocycles. The second-order valence-electron chi connectivity index (χ2n) is 9.65. The number of rotatable bonds is 11. The monoisotopic (exact) mass is 714 g/mol. The van der Waals surface area contributed by atoms with Crippen LogP contribution >= 0.6 is 27.7 Å². The Morgan fingerprint density at radius 2 is 0.909 bits per heavy atom. The number of hydrogen-bond donors (Lipinski definition) is 0. The zero-order valence-corrected chi connectivity index (χ0v) is 27.4. The highest BCUT2D eigenvalue weighted by atomic mass is 79.9. The van der Waals surface area contributed by atoms with Gasteiger partial charge in [-0.3, -0.25) is 33.6 Å². The number of halogens is 1. The van der Waals surface area contributed by atoms with Crippen molar-refractivity contribution in [3.8, 4) is 0 Å². The zero-order chi connectivity index (χ0) is 33.3. The maximum Gasteiger partial charge on any atom is 0.303 e. The fourth-order valence-corrected chi connectivity index (χ4v) is 6.44. The molecule has 1 unspecified atom stereocenters. The Kier molecular flexibility index (Phi) is 14.3. The van der Waals surface area contributed by atoms with Crippen molar-refractivity contribution in [1.82, 2.24) is 0 Å². The molecule has 0 N–H and O–H groups in total. The van der Waals surface area contributed by atoms with Crippen molar-refractivity contribution in [2.75, 3.05) is 12.4 Å². The van der Waals surface area contributed by atoms with E-state index >= 15 is 0 Å². The van der Waals surface area contributed by atoms with Gasteiger partial charge in [0, 0.05) is 54.2 Å². The van der Waals surface area contributed by atoms with Gasteiger partial charge in [-0.25, -0.2) is 0 Å². The minimum Gasteiger partial charge on any atom is -0.463 e. The normalized spacial score (nSPS) is 31.5. The van der Waals surface area contributed by atoms with E-state index in [1.54, 1.807) is 0 Å². The molecule has 0 amide bonds. The third-order valence-corrected chi connectivity index (χ3v) is 7.82. The van der Waals surface area contributed by atoms with Crippen LogP contribution in [0.3, 0.4) is 0 Å². The van der Waals surface area contributed by atoms with E-state index < -0.39 is 108 Å². The maximum absolute atomic E-state index is 12.1. The number of ether oxygens (including phenoxy) is 9. The van der Waals surface area contributed by atoms with Crippen LogP contribution in [0.15, 0.2) is 0 Å². The summed E-state index contributed by atoms with van der Waals surface area (Å²) in [6, 6.07) is 0. The quantitative estimate of drug-likeness (QED) is 0.164. The predicted octanol–water partition coefficient (Wildman–Crippen LogP) is 0.718. The van der Waals surface area contributed by atoms with Gasteiger partial charge < -0.3 is 42.6 Å². The van der Waals surface area contributed by atoms with Crippen LogP contribution in [-0.4, -0.2) is 113 Å². The summed E-state index contributed by atoms with van der Waals surface area (Å²) in [4.78, 5) is 83.5. The van der Waals surface area contributed by atoms with E-state index in [2.05, 4.69) is 15.9 Å². The maximum atomic E-state index is 12.1. The molecule has 0 radical (unpaired) electrons. The van der Waals surface area contributed by atoms with Crippen molar-refractivity contribution in [3.05, 3.63) is 0 Å². The van der Waals surface area contributed by atoms with E-state index in [1.165, 1.54) is 0 Å². The number of alkyl halides is 1. The smallest absolute Gasteiger partial charge is 0.303 e. The number of hydrogen-bond acceptors (Lipinski definition) is 17. The van der Waals surface area contributed by atoms with Gasteiger partial charge in [-0.15, -0.1) is 11.8 Å². The first-order valence-electron chi connectivity index (χ1n) is 13.2. The first-order valence-corrected chi connectivity index (χ1v) is 15.2. The van der Waals surface area contributed by atoms with E-state index in [4.69, 9.17) is 42.6 Å². The number of thioether (sulfide) groups is 1. The molecule has 0 aromatic carbocycles. The molecule has 0 saturated carbocycles. The second kappa shape index (κ2) is 16.9.